The minimum atomic E-state index is -0.0961. The lowest BCUT2D eigenvalue weighted by Crippen LogP contribution is -2.15. The lowest BCUT2D eigenvalue weighted by Gasteiger charge is -2.18. The number of carbonyl (C=O) groups excluding carboxylic acids is 1. The molecule has 0 spiro atoms. The molecule has 1 aliphatic heterocycles. The molecule has 0 aromatic heterocycles. The van der Waals surface area contributed by atoms with Crippen molar-refractivity contribution in [2.45, 2.75) is 0 Å². The Morgan fingerprint density at radius 1 is 1.00 bits per heavy atom. The van der Waals surface area contributed by atoms with Gasteiger partial charge in [0, 0.05) is 21.3 Å². The standard InChI is InChI=1S/C15H12BrNO3/c16-11-3-1-9(7-12(11)17)15(18)10-2-4-13-14(8-10)20-6-5-19-13/h1-4,7-8H,5-6,17H2. The Labute approximate surface area is 124 Å². The first kappa shape index (κ1) is 13.0. The molecule has 0 fully saturated rings. The maximum Gasteiger partial charge on any atom is 0.193 e. The van der Waals surface area contributed by atoms with Gasteiger partial charge >= 0.3 is 0 Å². The summed E-state index contributed by atoms with van der Waals surface area (Å²) in [5.74, 6) is 1.18. The number of hydrogen-bond donors (Lipinski definition) is 1. The molecule has 2 aromatic rings. The Morgan fingerprint density at radius 2 is 1.65 bits per heavy atom. The van der Waals surface area contributed by atoms with E-state index in [2.05, 4.69) is 15.9 Å². The van der Waals surface area contributed by atoms with Crippen LogP contribution in [-0.4, -0.2) is 19.0 Å². The Hall–Kier alpha value is -2.01. The zero-order chi connectivity index (χ0) is 14.1. The fraction of sp³-hybridized carbons (Fsp3) is 0.133. The van der Waals surface area contributed by atoms with E-state index >= 15 is 0 Å². The SMILES string of the molecule is Nc1cc(C(=O)c2ccc3c(c2)OCCO3)ccc1Br. The van der Waals surface area contributed by atoms with E-state index in [1.54, 1.807) is 36.4 Å². The van der Waals surface area contributed by atoms with Gasteiger partial charge in [0.2, 0.25) is 0 Å². The van der Waals surface area contributed by atoms with Crippen molar-refractivity contribution < 1.29 is 14.3 Å². The molecule has 3 rings (SSSR count). The minimum Gasteiger partial charge on any atom is -0.486 e. The van der Waals surface area contributed by atoms with E-state index in [1.165, 1.54) is 0 Å². The number of carbonyl (C=O) groups is 1. The third-order valence-corrected chi connectivity index (χ3v) is 3.78. The summed E-state index contributed by atoms with van der Waals surface area (Å²) in [6.45, 7) is 1.03. The van der Waals surface area contributed by atoms with Crippen molar-refractivity contribution in [3.63, 3.8) is 0 Å². The van der Waals surface area contributed by atoms with Crippen molar-refractivity contribution in [2.24, 2.45) is 0 Å². The Morgan fingerprint density at radius 3 is 2.40 bits per heavy atom. The van der Waals surface area contributed by atoms with Crippen LogP contribution in [0.5, 0.6) is 11.5 Å². The fourth-order valence-corrected chi connectivity index (χ4v) is 2.28. The van der Waals surface area contributed by atoms with Crippen LogP contribution in [0.4, 0.5) is 5.69 Å². The highest BCUT2D eigenvalue weighted by Gasteiger charge is 2.16. The molecular weight excluding hydrogens is 322 g/mol. The molecule has 0 aliphatic carbocycles. The zero-order valence-electron chi connectivity index (χ0n) is 10.6. The average molecular weight is 334 g/mol. The van der Waals surface area contributed by atoms with E-state index in [0.717, 1.165) is 4.47 Å². The topological polar surface area (TPSA) is 61.6 Å². The third-order valence-electron chi connectivity index (χ3n) is 3.06. The maximum atomic E-state index is 12.4. The largest absolute Gasteiger partial charge is 0.486 e. The number of rotatable bonds is 2. The van der Waals surface area contributed by atoms with Crippen LogP contribution >= 0.6 is 15.9 Å². The van der Waals surface area contributed by atoms with E-state index in [-0.39, 0.29) is 5.78 Å². The number of nitrogen functional groups attached to an aromatic ring is 1. The Kier molecular flexibility index (Phi) is 3.36. The van der Waals surface area contributed by atoms with Crippen LogP contribution in [0.1, 0.15) is 15.9 Å². The van der Waals surface area contributed by atoms with Gasteiger partial charge in [0.05, 0.1) is 0 Å². The summed E-state index contributed by atoms with van der Waals surface area (Å²) in [7, 11) is 0. The number of anilines is 1. The predicted molar refractivity (Wildman–Crippen MR) is 79.4 cm³/mol. The Bertz CT molecular complexity index is 685. The summed E-state index contributed by atoms with van der Waals surface area (Å²) in [4.78, 5) is 12.4. The summed E-state index contributed by atoms with van der Waals surface area (Å²) < 4.78 is 11.7. The highest BCUT2D eigenvalue weighted by atomic mass is 79.9. The van der Waals surface area contributed by atoms with Crippen molar-refractivity contribution in [2.75, 3.05) is 18.9 Å². The van der Waals surface area contributed by atoms with Gasteiger partial charge in [-0.05, 0) is 52.3 Å². The smallest absolute Gasteiger partial charge is 0.193 e. The van der Waals surface area contributed by atoms with Crippen LogP contribution < -0.4 is 15.2 Å². The summed E-state index contributed by atoms with van der Waals surface area (Å²) in [5.41, 5.74) is 7.43. The highest BCUT2D eigenvalue weighted by Crippen LogP contribution is 2.31. The third kappa shape index (κ3) is 2.36. The molecule has 0 atom stereocenters. The van der Waals surface area contributed by atoms with Gasteiger partial charge in [0.1, 0.15) is 13.2 Å². The van der Waals surface area contributed by atoms with Gasteiger partial charge in [0.25, 0.3) is 0 Å². The molecule has 0 bridgehead atoms. The van der Waals surface area contributed by atoms with E-state index < -0.39 is 0 Å². The van der Waals surface area contributed by atoms with Gasteiger partial charge < -0.3 is 15.2 Å². The quantitative estimate of drug-likeness (QED) is 0.677. The zero-order valence-corrected chi connectivity index (χ0v) is 12.1. The van der Waals surface area contributed by atoms with E-state index in [9.17, 15) is 4.79 Å². The van der Waals surface area contributed by atoms with Crippen LogP contribution in [-0.2, 0) is 0 Å². The van der Waals surface area contributed by atoms with Gasteiger partial charge in [-0.3, -0.25) is 4.79 Å². The van der Waals surface area contributed by atoms with E-state index in [0.29, 0.717) is 41.5 Å². The molecule has 0 unspecified atom stereocenters. The molecule has 2 aromatic carbocycles. The van der Waals surface area contributed by atoms with Crippen molar-refractivity contribution in [1.29, 1.82) is 0 Å². The second-order valence-corrected chi connectivity index (χ2v) is 5.28. The van der Waals surface area contributed by atoms with E-state index in [4.69, 9.17) is 15.2 Å². The fourth-order valence-electron chi connectivity index (χ4n) is 2.04. The van der Waals surface area contributed by atoms with Gasteiger partial charge in [-0.2, -0.15) is 0 Å². The number of halogens is 1. The minimum absolute atomic E-state index is 0.0961. The van der Waals surface area contributed by atoms with Crippen LogP contribution in [0, 0.1) is 0 Å². The number of ether oxygens (including phenoxy) is 2. The summed E-state index contributed by atoms with van der Waals surface area (Å²) in [5, 5.41) is 0. The molecule has 102 valence electrons. The highest BCUT2D eigenvalue weighted by molar-refractivity contribution is 9.10. The first-order valence-electron chi connectivity index (χ1n) is 6.14. The normalized spacial score (nSPS) is 13.1. The molecule has 20 heavy (non-hydrogen) atoms. The molecular formula is C15H12BrNO3. The molecule has 5 heteroatoms. The molecule has 4 nitrogen and oxygen atoms in total. The number of fused-ring (bicyclic) bond motifs is 1. The Balaban J connectivity index is 1.95. The first-order valence-corrected chi connectivity index (χ1v) is 6.94. The number of ketones is 1. The molecule has 1 aliphatic rings. The van der Waals surface area contributed by atoms with Crippen LogP contribution in [0.25, 0.3) is 0 Å². The number of nitrogens with two attached hydrogens (primary N) is 1. The molecule has 2 N–H and O–H groups in total. The predicted octanol–water partition coefficient (Wildman–Crippen LogP) is 3.03. The molecule has 1 heterocycles. The van der Waals surface area contributed by atoms with Crippen LogP contribution in [0.2, 0.25) is 0 Å². The van der Waals surface area contributed by atoms with Crippen molar-refractivity contribution in [3.05, 3.63) is 52.0 Å². The van der Waals surface area contributed by atoms with Crippen molar-refractivity contribution in [3.8, 4) is 11.5 Å². The van der Waals surface area contributed by atoms with Gasteiger partial charge in [-0.15, -0.1) is 0 Å². The maximum absolute atomic E-state index is 12.4. The van der Waals surface area contributed by atoms with Gasteiger partial charge in [-0.1, -0.05) is 0 Å². The van der Waals surface area contributed by atoms with Crippen molar-refractivity contribution in [1.82, 2.24) is 0 Å². The lowest BCUT2D eigenvalue weighted by atomic mass is 10.0. The summed E-state index contributed by atoms with van der Waals surface area (Å²) in [6, 6.07) is 10.3. The van der Waals surface area contributed by atoms with Crippen LogP contribution in [0.15, 0.2) is 40.9 Å². The van der Waals surface area contributed by atoms with Crippen LogP contribution in [0.3, 0.4) is 0 Å². The number of hydrogen-bond acceptors (Lipinski definition) is 4. The second-order valence-electron chi connectivity index (χ2n) is 4.42. The number of benzene rings is 2. The summed E-state index contributed by atoms with van der Waals surface area (Å²) in [6.07, 6.45) is 0. The first-order chi connectivity index (χ1) is 9.65. The van der Waals surface area contributed by atoms with Gasteiger partial charge in [0.15, 0.2) is 17.3 Å². The van der Waals surface area contributed by atoms with E-state index in [1.807, 2.05) is 0 Å². The van der Waals surface area contributed by atoms with Gasteiger partial charge in [-0.25, -0.2) is 0 Å². The molecule has 0 radical (unpaired) electrons. The molecule has 0 saturated heterocycles. The molecule has 0 saturated carbocycles. The monoisotopic (exact) mass is 333 g/mol. The molecule has 0 amide bonds. The lowest BCUT2D eigenvalue weighted by molar-refractivity contribution is 0.103. The average Bonchev–Trinajstić information content (AvgIpc) is 2.49. The second kappa shape index (κ2) is 5.17. The summed E-state index contributed by atoms with van der Waals surface area (Å²) >= 11 is 3.31. The van der Waals surface area contributed by atoms with Crippen molar-refractivity contribution >= 4 is 27.4 Å².